The van der Waals surface area contributed by atoms with Gasteiger partial charge in [-0.1, -0.05) is 30.3 Å². The first-order chi connectivity index (χ1) is 9.20. The molecular weight excluding hydrogens is 304 g/mol. The lowest BCUT2D eigenvalue weighted by Gasteiger charge is -2.14. The fraction of sp³-hybridized carbons (Fsp3) is 0.200. The van der Waals surface area contributed by atoms with E-state index in [-0.39, 0.29) is 11.7 Å². The third kappa shape index (κ3) is 3.72. The molecule has 0 aliphatic carbocycles. The number of aromatic nitrogens is 1. The quantitative estimate of drug-likeness (QED) is 0.922. The molecule has 0 saturated carbocycles. The highest BCUT2D eigenvalue weighted by Crippen LogP contribution is 2.18. The van der Waals surface area contributed by atoms with Crippen molar-refractivity contribution in [1.82, 2.24) is 4.98 Å². The molecule has 0 spiro atoms. The summed E-state index contributed by atoms with van der Waals surface area (Å²) in [7, 11) is 0. The molecule has 4 heteroatoms. The van der Waals surface area contributed by atoms with Crippen LogP contribution in [0.4, 0.5) is 0 Å². The first-order valence-electron chi connectivity index (χ1n) is 6.08. The number of hydrogen-bond acceptors (Lipinski definition) is 3. The van der Waals surface area contributed by atoms with Crippen molar-refractivity contribution in [2.24, 2.45) is 5.73 Å². The van der Waals surface area contributed by atoms with Crippen LogP contribution >= 0.6 is 15.9 Å². The van der Waals surface area contributed by atoms with Gasteiger partial charge in [-0.3, -0.25) is 9.78 Å². The molecule has 0 radical (unpaired) electrons. The van der Waals surface area contributed by atoms with E-state index in [9.17, 15) is 4.79 Å². The standard InChI is InChI=1S/C15H15BrN2O/c16-13-6-11(9-18-10-13)7-15(19)14(8-17)12-4-2-1-3-5-12/h1-6,9-10,14H,7-8,17H2. The molecule has 0 amide bonds. The minimum atomic E-state index is -0.250. The molecule has 1 heterocycles. The molecule has 1 aromatic heterocycles. The average molecular weight is 319 g/mol. The molecule has 3 nitrogen and oxygen atoms in total. The van der Waals surface area contributed by atoms with Crippen molar-refractivity contribution in [3.05, 3.63) is 64.4 Å². The number of carbonyl (C=O) groups excluding carboxylic acids is 1. The molecule has 2 aromatic rings. The van der Waals surface area contributed by atoms with E-state index in [1.807, 2.05) is 36.4 Å². The summed E-state index contributed by atoms with van der Waals surface area (Å²) in [5.74, 6) is -0.131. The summed E-state index contributed by atoms with van der Waals surface area (Å²) in [6.45, 7) is 0.324. The maximum atomic E-state index is 12.3. The lowest BCUT2D eigenvalue weighted by atomic mass is 9.91. The summed E-state index contributed by atoms with van der Waals surface area (Å²) in [6.07, 6.45) is 3.76. The first kappa shape index (κ1) is 13.9. The van der Waals surface area contributed by atoms with Gasteiger partial charge in [-0.2, -0.15) is 0 Å². The van der Waals surface area contributed by atoms with Crippen LogP contribution in [-0.2, 0) is 11.2 Å². The van der Waals surface area contributed by atoms with Crippen LogP contribution in [0.2, 0.25) is 0 Å². The molecule has 98 valence electrons. The lowest BCUT2D eigenvalue weighted by Crippen LogP contribution is -2.23. The minimum Gasteiger partial charge on any atom is -0.329 e. The molecule has 0 saturated heterocycles. The number of halogens is 1. The van der Waals surface area contributed by atoms with Crippen molar-refractivity contribution in [2.75, 3.05) is 6.54 Å². The second kappa shape index (κ2) is 6.59. The Morgan fingerprint density at radius 2 is 2.00 bits per heavy atom. The molecule has 0 bridgehead atoms. The van der Waals surface area contributed by atoms with E-state index in [0.717, 1.165) is 15.6 Å². The number of rotatable bonds is 5. The number of Topliss-reactive ketones (excluding diaryl/α,β-unsaturated/α-hetero) is 1. The zero-order chi connectivity index (χ0) is 13.7. The average Bonchev–Trinajstić information content (AvgIpc) is 2.41. The number of ketones is 1. The van der Waals surface area contributed by atoms with Crippen LogP contribution in [0.25, 0.3) is 0 Å². The van der Waals surface area contributed by atoms with Gasteiger partial charge in [0.1, 0.15) is 5.78 Å². The molecule has 2 N–H and O–H groups in total. The van der Waals surface area contributed by atoms with E-state index in [0.29, 0.717) is 13.0 Å². The van der Waals surface area contributed by atoms with Crippen LogP contribution in [0.15, 0.2) is 53.3 Å². The third-order valence-corrected chi connectivity index (χ3v) is 3.40. The lowest BCUT2D eigenvalue weighted by molar-refractivity contribution is -0.119. The zero-order valence-electron chi connectivity index (χ0n) is 10.4. The second-order valence-electron chi connectivity index (χ2n) is 4.35. The maximum absolute atomic E-state index is 12.3. The highest BCUT2D eigenvalue weighted by Gasteiger charge is 2.19. The van der Waals surface area contributed by atoms with Gasteiger partial charge in [0.2, 0.25) is 0 Å². The number of hydrogen-bond donors (Lipinski definition) is 1. The monoisotopic (exact) mass is 318 g/mol. The maximum Gasteiger partial charge on any atom is 0.146 e. The van der Waals surface area contributed by atoms with Crippen molar-refractivity contribution < 1.29 is 4.79 Å². The first-order valence-corrected chi connectivity index (χ1v) is 6.87. The summed E-state index contributed by atoms with van der Waals surface area (Å²) in [4.78, 5) is 16.4. The Labute approximate surface area is 121 Å². The molecule has 19 heavy (non-hydrogen) atoms. The van der Waals surface area contributed by atoms with E-state index in [1.54, 1.807) is 12.4 Å². The Morgan fingerprint density at radius 1 is 1.26 bits per heavy atom. The van der Waals surface area contributed by atoms with Gasteiger partial charge >= 0.3 is 0 Å². The van der Waals surface area contributed by atoms with E-state index < -0.39 is 0 Å². The molecule has 1 unspecified atom stereocenters. The predicted octanol–water partition coefficient (Wildman–Crippen LogP) is 2.70. The number of pyridine rings is 1. The van der Waals surface area contributed by atoms with Gasteiger partial charge in [-0.15, -0.1) is 0 Å². The van der Waals surface area contributed by atoms with Crippen molar-refractivity contribution in [3.8, 4) is 0 Å². The number of nitrogens with two attached hydrogens (primary N) is 1. The summed E-state index contributed by atoms with van der Waals surface area (Å²) in [6, 6.07) is 11.6. The van der Waals surface area contributed by atoms with Gasteiger partial charge in [-0.25, -0.2) is 0 Å². The van der Waals surface area contributed by atoms with Crippen molar-refractivity contribution in [3.63, 3.8) is 0 Å². The Bertz CT molecular complexity index is 557. The van der Waals surface area contributed by atoms with Gasteiger partial charge in [-0.05, 0) is 33.1 Å². The molecule has 0 fully saturated rings. The number of carbonyl (C=O) groups is 1. The molecule has 0 aliphatic rings. The van der Waals surface area contributed by atoms with Gasteiger partial charge in [0, 0.05) is 29.8 Å². The van der Waals surface area contributed by atoms with Crippen LogP contribution < -0.4 is 5.73 Å². The molecular formula is C15H15BrN2O. The topological polar surface area (TPSA) is 56.0 Å². The van der Waals surface area contributed by atoms with Gasteiger partial charge < -0.3 is 5.73 Å². The van der Waals surface area contributed by atoms with Crippen molar-refractivity contribution in [1.29, 1.82) is 0 Å². The van der Waals surface area contributed by atoms with E-state index in [4.69, 9.17) is 5.73 Å². The highest BCUT2D eigenvalue weighted by molar-refractivity contribution is 9.10. The smallest absolute Gasteiger partial charge is 0.146 e. The Hall–Kier alpha value is -1.52. The zero-order valence-corrected chi connectivity index (χ0v) is 12.0. The SMILES string of the molecule is NCC(C(=O)Cc1cncc(Br)c1)c1ccccc1. The largest absolute Gasteiger partial charge is 0.329 e. The molecule has 2 rings (SSSR count). The second-order valence-corrected chi connectivity index (χ2v) is 5.27. The van der Waals surface area contributed by atoms with Crippen LogP contribution in [0.3, 0.4) is 0 Å². The Morgan fingerprint density at radius 3 is 2.63 bits per heavy atom. The summed E-state index contributed by atoms with van der Waals surface area (Å²) >= 11 is 3.35. The summed E-state index contributed by atoms with van der Waals surface area (Å²) in [5, 5.41) is 0. The van der Waals surface area contributed by atoms with Crippen molar-refractivity contribution in [2.45, 2.75) is 12.3 Å². The van der Waals surface area contributed by atoms with Gasteiger partial charge in [0.25, 0.3) is 0 Å². The fourth-order valence-corrected chi connectivity index (χ4v) is 2.43. The van der Waals surface area contributed by atoms with E-state index in [2.05, 4.69) is 20.9 Å². The van der Waals surface area contributed by atoms with Gasteiger partial charge in [0.15, 0.2) is 0 Å². The Balaban J connectivity index is 2.14. The van der Waals surface area contributed by atoms with E-state index in [1.165, 1.54) is 0 Å². The Kier molecular flexibility index (Phi) is 4.82. The van der Waals surface area contributed by atoms with Gasteiger partial charge in [0.05, 0.1) is 5.92 Å². The fourth-order valence-electron chi connectivity index (χ4n) is 2.02. The predicted molar refractivity (Wildman–Crippen MR) is 78.9 cm³/mol. The van der Waals surface area contributed by atoms with Crippen LogP contribution in [-0.4, -0.2) is 17.3 Å². The number of nitrogens with zero attached hydrogens (tertiary/aromatic N) is 1. The molecule has 1 atom stereocenters. The summed E-state index contributed by atoms with van der Waals surface area (Å²) in [5.41, 5.74) is 7.61. The van der Waals surface area contributed by atoms with Crippen LogP contribution in [0.1, 0.15) is 17.0 Å². The highest BCUT2D eigenvalue weighted by atomic mass is 79.9. The minimum absolute atomic E-state index is 0.119. The van der Waals surface area contributed by atoms with E-state index >= 15 is 0 Å². The molecule has 1 aromatic carbocycles. The van der Waals surface area contributed by atoms with Crippen molar-refractivity contribution >= 4 is 21.7 Å². The summed E-state index contributed by atoms with van der Waals surface area (Å²) < 4.78 is 0.877. The van der Waals surface area contributed by atoms with Crippen LogP contribution in [0.5, 0.6) is 0 Å². The number of benzene rings is 1. The van der Waals surface area contributed by atoms with Crippen LogP contribution in [0, 0.1) is 0 Å². The third-order valence-electron chi connectivity index (χ3n) is 2.97. The molecule has 0 aliphatic heterocycles. The normalized spacial score (nSPS) is 12.1.